The molecule has 2 bridgehead atoms. The van der Waals surface area contributed by atoms with E-state index in [9.17, 15) is 4.79 Å². The fourth-order valence-corrected chi connectivity index (χ4v) is 3.04. The molecule has 21 heavy (non-hydrogen) atoms. The molecule has 0 radical (unpaired) electrons. The quantitative estimate of drug-likeness (QED) is 0.795. The summed E-state index contributed by atoms with van der Waals surface area (Å²) >= 11 is 0. The van der Waals surface area contributed by atoms with E-state index >= 15 is 0 Å². The minimum Gasteiger partial charge on any atom is -0.493 e. The highest BCUT2D eigenvalue weighted by Crippen LogP contribution is 2.33. The third kappa shape index (κ3) is 2.97. The van der Waals surface area contributed by atoms with Gasteiger partial charge in [0.1, 0.15) is 5.75 Å². The van der Waals surface area contributed by atoms with Gasteiger partial charge in [-0.2, -0.15) is 0 Å². The average Bonchev–Trinajstić information content (AvgIpc) is 2.50. The summed E-state index contributed by atoms with van der Waals surface area (Å²) in [5, 5.41) is 0. The van der Waals surface area contributed by atoms with Crippen LogP contribution in [0.15, 0.2) is 30.0 Å². The maximum atomic E-state index is 12.4. The number of Topliss-reactive ketones (excluding diaryl/α,β-unsaturated/α-hetero) is 1. The molecule has 3 fully saturated rings. The first-order valence-corrected chi connectivity index (χ1v) is 7.88. The summed E-state index contributed by atoms with van der Waals surface area (Å²) in [6.45, 7) is 6.99. The molecular weight excluding hydrogens is 262 g/mol. The monoisotopic (exact) mass is 285 g/mol. The maximum absolute atomic E-state index is 12.4. The molecule has 3 aliphatic rings. The number of fused-ring (bicyclic) bond motifs is 3. The lowest BCUT2D eigenvalue weighted by Crippen LogP contribution is -2.45. The van der Waals surface area contributed by atoms with Crippen molar-refractivity contribution in [2.75, 3.05) is 19.7 Å². The largest absolute Gasteiger partial charge is 0.493 e. The van der Waals surface area contributed by atoms with Crippen molar-refractivity contribution in [3.63, 3.8) is 0 Å². The van der Waals surface area contributed by atoms with E-state index in [4.69, 9.17) is 4.74 Å². The van der Waals surface area contributed by atoms with Gasteiger partial charge in [-0.05, 0) is 30.9 Å². The molecule has 112 valence electrons. The van der Waals surface area contributed by atoms with E-state index in [0.717, 1.165) is 42.9 Å². The van der Waals surface area contributed by atoms with E-state index in [2.05, 4.69) is 18.7 Å². The van der Waals surface area contributed by atoms with Crippen LogP contribution >= 0.6 is 0 Å². The minimum absolute atomic E-state index is 0.241. The Hall–Kier alpha value is -1.77. The molecule has 3 nitrogen and oxygen atoms in total. The molecule has 1 aromatic carbocycles. The van der Waals surface area contributed by atoms with Gasteiger partial charge in [0.05, 0.1) is 12.3 Å². The standard InChI is InChI=1S/C18H23NO2/c1-13(2)12-21-17-6-4-3-5-15(17)11-16-18(20)14-7-9-19(16)10-8-14/h3-6,11,13-14H,7-10,12H2,1-2H3/b16-11-. The lowest BCUT2D eigenvalue weighted by Gasteiger charge is -2.41. The van der Waals surface area contributed by atoms with Gasteiger partial charge < -0.3 is 9.64 Å². The molecule has 3 aliphatic heterocycles. The summed E-state index contributed by atoms with van der Waals surface area (Å²) in [5.41, 5.74) is 1.88. The van der Waals surface area contributed by atoms with Crippen molar-refractivity contribution in [3.05, 3.63) is 35.5 Å². The normalized spacial score (nSPS) is 20.6. The van der Waals surface area contributed by atoms with Crippen molar-refractivity contribution in [2.24, 2.45) is 11.8 Å². The van der Waals surface area contributed by atoms with Crippen LogP contribution in [0.4, 0.5) is 0 Å². The van der Waals surface area contributed by atoms with Gasteiger partial charge in [-0.15, -0.1) is 0 Å². The van der Waals surface area contributed by atoms with Gasteiger partial charge in [-0.1, -0.05) is 32.0 Å². The molecule has 0 N–H and O–H groups in total. The molecular formula is C18H23NO2. The molecule has 4 rings (SSSR count). The van der Waals surface area contributed by atoms with E-state index in [-0.39, 0.29) is 5.92 Å². The molecule has 3 saturated heterocycles. The Kier molecular flexibility index (Phi) is 4.00. The molecule has 0 atom stereocenters. The zero-order valence-electron chi connectivity index (χ0n) is 12.8. The van der Waals surface area contributed by atoms with Gasteiger partial charge in [0, 0.05) is 24.6 Å². The Balaban J connectivity index is 1.87. The Bertz CT molecular complexity index is 554. The summed E-state index contributed by atoms with van der Waals surface area (Å²) in [6.07, 6.45) is 4.05. The summed E-state index contributed by atoms with van der Waals surface area (Å²) in [7, 11) is 0. The smallest absolute Gasteiger partial charge is 0.182 e. The topological polar surface area (TPSA) is 29.5 Å². The molecule has 0 spiro atoms. The lowest BCUT2D eigenvalue weighted by molar-refractivity contribution is -0.125. The second kappa shape index (κ2) is 5.92. The highest BCUT2D eigenvalue weighted by Gasteiger charge is 2.36. The fraction of sp³-hybridized carbons (Fsp3) is 0.500. The fourth-order valence-electron chi connectivity index (χ4n) is 3.04. The van der Waals surface area contributed by atoms with Crippen molar-refractivity contribution >= 4 is 11.9 Å². The number of allylic oxidation sites excluding steroid dienone is 1. The molecule has 0 aliphatic carbocycles. The molecule has 0 unspecified atom stereocenters. The van der Waals surface area contributed by atoms with Crippen LogP contribution in [0.25, 0.3) is 6.08 Å². The second-order valence-electron chi connectivity index (χ2n) is 6.40. The highest BCUT2D eigenvalue weighted by atomic mass is 16.5. The summed E-state index contributed by atoms with van der Waals surface area (Å²) in [5.74, 6) is 1.91. The number of hydrogen-bond acceptors (Lipinski definition) is 3. The van der Waals surface area contributed by atoms with E-state index in [1.165, 1.54) is 0 Å². The molecule has 1 aromatic rings. The average molecular weight is 285 g/mol. The van der Waals surface area contributed by atoms with Gasteiger partial charge in [-0.3, -0.25) is 4.79 Å². The van der Waals surface area contributed by atoms with E-state index in [1.807, 2.05) is 30.3 Å². The number of carbonyl (C=O) groups excluding carboxylic acids is 1. The van der Waals surface area contributed by atoms with Crippen molar-refractivity contribution in [1.29, 1.82) is 0 Å². The van der Waals surface area contributed by atoms with Crippen LogP contribution in [0.1, 0.15) is 32.3 Å². The number of para-hydroxylation sites is 1. The van der Waals surface area contributed by atoms with Crippen LogP contribution in [0, 0.1) is 11.8 Å². The molecule has 0 amide bonds. The van der Waals surface area contributed by atoms with Gasteiger partial charge in [-0.25, -0.2) is 0 Å². The van der Waals surface area contributed by atoms with Crippen LogP contribution in [-0.2, 0) is 4.79 Å². The molecule has 3 heteroatoms. The van der Waals surface area contributed by atoms with E-state index in [1.54, 1.807) is 0 Å². The van der Waals surface area contributed by atoms with Crippen molar-refractivity contribution in [2.45, 2.75) is 26.7 Å². The van der Waals surface area contributed by atoms with Crippen LogP contribution in [-0.4, -0.2) is 30.4 Å². The number of hydrogen-bond donors (Lipinski definition) is 0. The number of rotatable bonds is 4. The van der Waals surface area contributed by atoms with E-state index < -0.39 is 0 Å². The Morgan fingerprint density at radius 2 is 2.00 bits per heavy atom. The second-order valence-corrected chi connectivity index (χ2v) is 6.40. The number of nitrogens with zero attached hydrogens (tertiary/aromatic N) is 1. The van der Waals surface area contributed by atoms with Crippen LogP contribution in [0.3, 0.4) is 0 Å². The van der Waals surface area contributed by atoms with Gasteiger partial charge in [0.25, 0.3) is 0 Å². The Labute approximate surface area is 126 Å². The van der Waals surface area contributed by atoms with Crippen LogP contribution in [0.2, 0.25) is 0 Å². The number of ether oxygens (including phenoxy) is 1. The SMILES string of the molecule is CC(C)COc1ccccc1/C=C1/C(=O)C2CCN1CC2. The summed E-state index contributed by atoms with van der Waals surface area (Å²) < 4.78 is 5.88. The summed E-state index contributed by atoms with van der Waals surface area (Å²) in [6, 6.07) is 7.98. The van der Waals surface area contributed by atoms with Crippen molar-refractivity contribution in [1.82, 2.24) is 4.90 Å². The predicted molar refractivity (Wildman–Crippen MR) is 84.1 cm³/mol. The van der Waals surface area contributed by atoms with E-state index in [0.29, 0.717) is 18.3 Å². The third-order valence-corrected chi connectivity index (χ3v) is 4.24. The zero-order valence-corrected chi connectivity index (χ0v) is 12.8. The van der Waals surface area contributed by atoms with Crippen molar-refractivity contribution < 1.29 is 9.53 Å². The first-order chi connectivity index (χ1) is 10.1. The van der Waals surface area contributed by atoms with Gasteiger partial charge in [0.2, 0.25) is 0 Å². The molecule has 0 aromatic heterocycles. The first-order valence-electron chi connectivity index (χ1n) is 7.88. The molecule has 3 heterocycles. The number of carbonyl (C=O) groups is 1. The number of benzene rings is 1. The number of ketones is 1. The molecule has 0 saturated carbocycles. The van der Waals surface area contributed by atoms with Gasteiger partial charge in [0.15, 0.2) is 5.78 Å². The summed E-state index contributed by atoms with van der Waals surface area (Å²) in [4.78, 5) is 14.6. The minimum atomic E-state index is 0.241. The van der Waals surface area contributed by atoms with Crippen LogP contribution < -0.4 is 4.74 Å². The Morgan fingerprint density at radius 3 is 2.67 bits per heavy atom. The third-order valence-electron chi connectivity index (χ3n) is 4.24. The first kappa shape index (κ1) is 14.2. The highest BCUT2D eigenvalue weighted by molar-refractivity contribution is 6.02. The maximum Gasteiger partial charge on any atom is 0.182 e. The van der Waals surface area contributed by atoms with Gasteiger partial charge >= 0.3 is 0 Å². The van der Waals surface area contributed by atoms with Crippen molar-refractivity contribution in [3.8, 4) is 5.75 Å². The zero-order chi connectivity index (χ0) is 14.8. The number of piperidine rings is 3. The van der Waals surface area contributed by atoms with Crippen LogP contribution in [0.5, 0.6) is 5.75 Å². The Morgan fingerprint density at radius 1 is 1.29 bits per heavy atom. The lowest BCUT2D eigenvalue weighted by atomic mass is 9.84. The predicted octanol–water partition coefficient (Wildman–Crippen LogP) is 3.36.